The topological polar surface area (TPSA) is 51.8 Å². The van der Waals surface area contributed by atoms with Crippen LogP contribution in [0.1, 0.15) is 22.6 Å². The molecule has 2 rings (SSSR count). The van der Waals surface area contributed by atoms with Gasteiger partial charge < -0.3 is 5.73 Å². The Balaban J connectivity index is 2.34. The van der Waals surface area contributed by atoms with E-state index >= 15 is 0 Å². The van der Waals surface area contributed by atoms with Gasteiger partial charge in [0.2, 0.25) is 0 Å². The molecule has 2 N–H and O–H groups in total. The summed E-state index contributed by atoms with van der Waals surface area (Å²) in [5.41, 5.74) is 9.30. The van der Waals surface area contributed by atoms with Crippen LogP contribution in [0.5, 0.6) is 0 Å². The largest absolute Gasteiger partial charge is 0.383 e. The van der Waals surface area contributed by atoms with Gasteiger partial charge in [0.25, 0.3) is 0 Å². The van der Waals surface area contributed by atoms with E-state index in [0.29, 0.717) is 5.82 Å². The number of anilines is 1. The number of nitrogen functional groups attached to an aromatic ring is 1. The predicted molar refractivity (Wildman–Crippen MR) is 77.9 cm³/mol. The molecule has 0 fully saturated rings. The predicted octanol–water partition coefficient (Wildman–Crippen LogP) is 2.87. The molecule has 0 saturated heterocycles. The molecule has 1 aromatic heterocycles. The van der Waals surface area contributed by atoms with Crippen LogP contribution in [0.3, 0.4) is 0 Å². The van der Waals surface area contributed by atoms with Gasteiger partial charge in [0.15, 0.2) is 0 Å². The molecule has 0 unspecified atom stereocenters. The van der Waals surface area contributed by atoms with Crippen molar-refractivity contribution in [2.45, 2.75) is 20.3 Å². The van der Waals surface area contributed by atoms with Gasteiger partial charge in [-0.05, 0) is 47.6 Å². The average Bonchev–Trinajstić information content (AvgIpc) is 2.29. The summed E-state index contributed by atoms with van der Waals surface area (Å²) < 4.78 is 0.941. The van der Waals surface area contributed by atoms with Crippen molar-refractivity contribution in [1.29, 1.82) is 0 Å². The second kappa shape index (κ2) is 5.00. The number of nitrogens with zero attached hydrogens (tertiary/aromatic N) is 2. The molecule has 0 aliphatic carbocycles. The Labute approximate surface area is 115 Å². The lowest BCUT2D eigenvalue weighted by Gasteiger charge is -2.07. The van der Waals surface area contributed by atoms with Crippen molar-refractivity contribution in [3.8, 4) is 0 Å². The monoisotopic (exact) mass is 339 g/mol. The van der Waals surface area contributed by atoms with Crippen LogP contribution in [0.2, 0.25) is 0 Å². The normalized spacial score (nSPS) is 10.5. The van der Waals surface area contributed by atoms with E-state index in [-0.39, 0.29) is 0 Å². The highest BCUT2D eigenvalue weighted by Gasteiger charge is 2.08. The van der Waals surface area contributed by atoms with E-state index in [1.807, 2.05) is 19.1 Å². The maximum atomic E-state index is 5.85. The van der Waals surface area contributed by atoms with Crippen LogP contribution >= 0.6 is 22.6 Å². The number of hydrogen-bond acceptors (Lipinski definition) is 3. The lowest BCUT2D eigenvalue weighted by atomic mass is 10.1. The maximum Gasteiger partial charge on any atom is 0.140 e. The Bertz CT molecular complexity index is 529. The highest BCUT2D eigenvalue weighted by atomic mass is 127. The summed E-state index contributed by atoms with van der Waals surface area (Å²) >= 11 is 2.17. The van der Waals surface area contributed by atoms with Crippen molar-refractivity contribution in [2.24, 2.45) is 0 Å². The number of nitrogens with two attached hydrogens (primary N) is 1. The molecule has 0 amide bonds. The van der Waals surface area contributed by atoms with Gasteiger partial charge in [0.05, 0.1) is 9.26 Å². The van der Waals surface area contributed by atoms with Crippen molar-refractivity contribution in [1.82, 2.24) is 9.97 Å². The van der Waals surface area contributed by atoms with Crippen LogP contribution in [0, 0.1) is 17.4 Å². The van der Waals surface area contributed by atoms with Crippen LogP contribution in [0.15, 0.2) is 24.3 Å². The molecule has 88 valence electrons. The fraction of sp³-hybridized carbons (Fsp3) is 0.231. The number of halogens is 1. The highest BCUT2D eigenvalue weighted by molar-refractivity contribution is 14.1. The van der Waals surface area contributed by atoms with Gasteiger partial charge in [0.1, 0.15) is 11.6 Å². The van der Waals surface area contributed by atoms with Gasteiger partial charge in [-0.2, -0.15) is 0 Å². The summed E-state index contributed by atoms with van der Waals surface area (Å²) in [6.07, 6.45) is 0.731. The number of aryl methyl sites for hydroxylation is 2. The Hall–Kier alpha value is -1.17. The molecular weight excluding hydrogens is 325 g/mol. The molecule has 0 bridgehead atoms. The third-order valence-electron chi connectivity index (χ3n) is 2.70. The van der Waals surface area contributed by atoms with E-state index < -0.39 is 0 Å². The highest BCUT2D eigenvalue weighted by Crippen LogP contribution is 2.17. The van der Waals surface area contributed by atoms with E-state index in [1.165, 1.54) is 11.1 Å². The molecule has 3 nitrogen and oxygen atoms in total. The van der Waals surface area contributed by atoms with Crippen LogP contribution < -0.4 is 5.73 Å². The fourth-order valence-electron chi connectivity index (χ4n) is 1.70. The van der Waals surface area contributed by atoms with E-state index in [9.17, 15) is 0 Å². The smallest absolute Gasteiger partial charge is 0.140 e. The van der Waals surface area contributed by atoms with Crippen molar-refractivity contribution in [3.05, 3.63) is 50.5 Å². The molecule has 1 heterocycles. The van der Waals surface area contributed by atoms with E-state index in [4.69, 9.17) is 5.73 Å². The second-order valence-electron chi connectivity index (χ2n) is 4.03. The third-order valence-corrected chi connectivity index (χ3v) is 4.03. The van der Waals surface area contributed by atoms with Gasteiger partial charge in [-0.3, -0.25) is 0 Å². The maximum absolute atomic E-state index is 5.85. The van der Waals surface area contributed by atoms with Crippen molar-refractivity contribution < 1.29 is 0 Å². The Kier molecular flexibility index (Phi) is 3.61. The third kappa shape index (κ3) is 2.74. The number of aromatic nitrogens is 2. The molecule has 17 heavy (non-hydrogen) atoms. The quantitative estimate of drug-likeness (QED) is 0.856. The Morgan fingerprint density at radius 1 is 1.18 bits per heavy atom. The Morgan fingerprint density at radius 3 is 2.53 bits per heavy atom. The van der Waals surface area contributed by atoms with E-state index in [1.54, 1.807) is 0 Å². The van der Waals surface area contributed by atoms with Crippen molar-refractivity contribution in [3.63, 3.8) is 0 Å². The fourth-order valence-corrected chi connectivity index (χ4v) is 1.94. The number of benzene rings is 1. The molecule has 0 atom stereocenters. The molecule has 0 radical (unpaired) electrons. The van der Waals surface area contributed by atoms with Gasteiger partial charge >= 0.3 is 0 Å². The molecule has 2 aromatic rings. The minimum absolute atomic E-state index is 0.571. The van der Waals surface area contributed by atoms with Gasteiger partial charge in [0, 0.05) is 6.42 Å². The minimum Gasteiger partial charge on any atom is -0.383 e. The summed E-state index contributed by atoms with van der Waals surface area (Å²) in [7, 11) is 0. The SMILES string of the molecule is Cc1ccccc1Cc1nc(C)c(I)c(N)n1. The minimum atomic E-state index is 0.571. The number of rotatable bonds is 2. The molecular formula is C13H14IN3. The molecule has 4 heteroatoms. The lowest BCUT2D eigenvalue weighted by Crippen LogP contribution is -2.06. The zero-order valence-corrected chi connectivity index (χ0v) is 12.0. The number of hydrogen-bond donors (Lipinski definition) is 1. The zero-order chi connectivity index (χ0) is 12.4. The average molecular weight is 339 g/mol. The molecule has 0 aliphatic heterocycles. The Morgan fingerprint density at radius 2 is 1.88 bits per heavy atom. The van der Waals surface area contributed by atoms with Gasteiger partial charge in [-0.15, -0.1) is 0 Å². The van der Waals surface area contributed by atoms with Crippen LogP contribution in [-0.4, -0.2) is 9.97 Å². The van der Waals surface area contributed by atoms with Crippen molar-refractivity contribution >= 4 is 28.4 Å². The first-order valence-corrected chi connectivity index (χ1v) is 6.49. The van der Waals surface area contributed by atoms with E-state index in [0.717, 1.165) is 21.5 Å². The van der Waals surface area contributed by atoms with Crippen LogP contribution in [0.4, 0.5) is 5.82 Å². The summed E-state index contributed by atoms with van der Waals surface area (Å²) in [5, 5.41) is 0. The lowest BCUT2D eigenvalue weighted by molar-refractivity contribution is 0.935. The first-order valence-electron chi connectivity index (χ1n) is 5.41. The van der Waals surface area contributed by atoms with Crippen LogP contribution in [0.25, 0.3) is 0 Å². The standard InChI is InChI=1S/C13H14IN3/c1-8-5-3-4-6-10(8)7-11-16-9(2)12(14)13(15)17-11/h3-6H,7H2,1-2H3,(H2,15,16,17). The first-order chi connectivity index (χ1) is 8.08. The zero-order valence-electron chi connectivity index (χ0n) is 9.87. The second-order valence-corrected chi connectivity index (χ2v) is 5.11. The first kappa shape index (κ1) is 12.3. The van der Waals surface area contributed by atoms with Gasteiger partial charge in [-0.25, -0.2) is 9.97 Å². The molecule has 0 saturated carbocycles. The molecule has 0 aliphatic rings. The molecule has 1 aromatic carbocycles. The van der Waals surface area contributed by atoms with Crippen molar-refractivity contribution in [2.75, 3.05) is 5.73 Å². The molecule has 0 spiro atoms. The summed E-state index contributed by atoms with van der Waals surface area (Å²) in [5.74, 6) is 1.36. The van der Waals surface area contributed by atoms with E-state index in [2.05, 4.69) is 51.6 Å². The summed E-state index contributed by atoms with van der Waals surface area (Å²) in [6.45, 7) is 4.05. The van der Waals surface area contributed by atoms with Crippen LogP contribution in [-0.2, 0) is 6.42 Å². The summed E-state index contributed by atoms with van der Waals surface area (Å²) in [4.78, 5) is 8.80. The van der Waals surface area contributed by atoms with Gasteiger partial charge in [-0.1, -0.05) is 24.3 Å². The summed E-state index contributed by atoms with van der Waals surface area (Å²) in [6, 6.07) is 8.26.